The second kappa shape index (κ2) is 27.8. The molecule has 40 heavy (non-hydrogen) atoms. The second-order valence-electron chi connectivity index (χ2n) is 8.84. The highest BCUT2D eigenvalue weighted by Crippen LogP contribution is 2.19. The monoisotopic (exact) mass is 581 g/mol. The minimum Gasteiger partial charge on any atom is -0.355 e. The Morgan fingerprint density at radius 2 is 1.35 bits per heavy atom. The molecule has 1 heterocycles. The summed E-state index contributed by atoms with van der Waals surface area (Å²) >= 11 is 0. The van der Waals surface area contributed by atoms with Crippen molar-refractivity contribution in [1.29, 1.82) is 0 Å². The van der Waals surface area contributed by atoms with Crippen molar-refractivity contribution in [1.82, 2.24) is 15.6 Å². The number of hydrogen-bond acceptors (Lipinski definition) is 5. The van der Waals surface area contributed by atoms with Gasteiger partial charge in [0.2, 0.25) is 11.8 Å². The Balaban J connectivity index is 1.87. The van der Waals surface area contributed by atoms with Gasteiger partial charge in [-0.15, -0.1) is 0 Å². The molecule has 2 N–H and O–H groups in total. The smallest absolute Gasteiger partial charge is 0.223 e. The van der Waals surface area contributed by atoms with E-state index in [0.717, 1.165) is 62.0 Å². The second-order valence-corrected chi connectivity index (χ2v) is 11.5. The van der Waals surface area contributed by atoms with Crippen LogP contribution in [-0.4, -0.2) is 41.4 Å². The third-order valence-corrected chi connectivity index (χ3v) is 7.74. The van der Waals surface area contributed by atoms with E-state index >= 15 is 0 Å². The van der Waals surface area contributed by atoms with Gasteiger partial charge in [-0.2, -0.15) is 0 Å². The van der Waals surface area contributed by atoms with Crippen LogP contribution in [0.4, 0.5) is 0 Å². The molecule has 2 amide bonds. The van der Waals surface area contributed by atoms with E-state index in [1.54, 1.807) is 34.0 Å². The van der Waals surface area contributed by atoms with Gasteiger partial charge in [-0.3, -0.25) is 14.6 Å². The van der Waals surface area contributed by atoms with E-state index < -0.39 is 0 Å². The van der Waals surface area contributed by atoms with E-state index in [1.807, 2.05) is 24.3 Å². The van der Waals surface area contributed by atoms with Crippen LogP contribution in [0.5, 0.6) is 0 Å². The van der Waals surface area contributed by atoms with Crippen molar-refractivity contribution in [3.8, 4) is 0 Å². The lowest BCUT2D eigenvalue weighted by Gasteiger charge is -2.05. The molecule has 5 nitrogen and oxygen atoms in total. The number of pyridine rings is 1. The van der Waals surface area contributed by atoms with Crippen LogP contribution in [0, 0.1) is 0 Å². The molecule has 0 radical (unpaired) electrons. The molecule has 1 rings (SSSR count). The van der Waals surface area contributed by atoms with Crippen molar-refractivity contribution < 1.29 is 9.59 Å². The summed E-state index contributed by atoms with van der Waals surface area (Å²) in [6.45, 7) is 3.46. The lowest BCUT2D eigenvalue weighted by Crippen LogP contribution is -2.25. The fraction of sp³-hybridized carbons (Fsp3) is 0.424. The Morgan fingerprint density at radius 3 is 1.93 bits per heavy atom. The van der Waals surface area contributed by atoms with Gasteiger partial charge in [-0.25, -0.2) is 0 Å². The molecule has 0 aromatic carbocycles. The topological polar surface area (TPSA) is 71.1 Å². The number of amides is 2. The molecule has 0 saturated carbocycles. The fourth-order valence-corrected chi connectivity index (χ4v) is 5.08. The average Bonchev–Trinajstić information content (AvgIpc) is 2.96. The average molecular weight is 582 g/mol. The number of nitrogens with one attached hydrogen (secondary N) is 2. The maximum absolute atomic E-state index is 12.0. The maximum Gasteiger partial charge on any atom is 0.223 e. The highest BCUT2D eigenvalue weighted by atomic mass is 33.1. The van der Waals surface area contributed by atoms with Crippen LogP contribution in [0.25, 0.3) is 6.08 Å². The number of hydrogen-bond donors (Lipinski definition) is 2. The standard InChI is InChI=1S/C33H47N3O2S2/c1-2-3-4-5-6-7-8-9-10-11-12-13-14-15-16-17-18-23-32(37)35-26-28-39-40-29-27-36-33(38)24-19-21-31-22-20-25-34-30-31/h3-4,6-7,9-10,12-13,15-16,19-22,25,30H,2,5,8,11,14,17-18,23-24,26-29H2,1H3,(H,35,37)(H,36,38)/b4-3-,7-6-,10-9-,13-12-,16-15-,21-19+. The van der Waals surface area contributed by atoms with Crippen LogP contribution >= 0.6 is 21.6 Å². The summed E-state index contributed by atoms with van der Waals surface area (Å²) in [5, 5.41) is 5.90. The summed E-state index contributed by atoms with van der Waals surface area (Å²) in [4.78, 5) is 27.9. The van der Waals surface area contributed by atoms with Crippen molar-refractivity contribution in [2.75, 3.05) is 24.6 Å². The minimum atomic E-state index is 0.0163. The van der Waals surface area contributed by atoms with E-state index in [-0.39, 0.29) is 11.8 Å². The molecule has 0 atom stereocenters. The van der Waals surface area contributed by atoms with Crippen LogP contribution < -0.4 is 10.6 Å². The highest BCUT2D eigenvalue weighted by Gasteiger charge is 2.00. The minimum absolute atomic E-state index is 0.0163. The van der Waals surface area contributed by atoms with Gasteiger partial charge in [-0.1, -0.05) is 107 Å². The van der Waals surface area contributed by atoms with Crippen molar-refractivity contribution >= 4 is 39.5 Å². The molecule has 218 valence electrons. The van der Waals surface area contributed by atoms with Crippen molar-refractivity contribution in [3.05, 3.63) is 96.9 Å². The van der Waals surface area contributed by atoms with Gasteiger partial charge in [0.15, 0.2) is 0 Å². The summed E-state index contributed by atoms with van der Waals surface area (Å²) in [5.41, 5.74) is 0.986. The number of allylic oxidation sites excluding steroid dienone is 10. The highest BCUT2D eigenvalue weighted by molar-refractivity contribution is 8.76. The number of carbonyl (C=O) groups excluding carboxylic acids is 2. The number of rotatable bonds is 23. The normalized spacial score (nSPS) is 12.2. The molecular weight excluding hydrogens is 535 g/mol. The van der Waals surface area contributed by atoms with E-state index in [0.29, 0.717) is 25.9 Å². The van der Waals surface area contributed by atoms with Gasteiger partial charge in [0.1, 0.15) is 0 Å². The van der Waals surface area contributed by atoms with Crippen LogP contribution in [0.15, 0.2) is 91.4 Å². The summed E-state index contributed by atoms with van der Waals surface area (Å²) in [6.07, 6.45) is 36.9. The zero-order valence-corrected chi connectivity index (χ0v) is 25.6. The van der Waals surface area contributed by atoms with E-state index in [2.05, 4.69) is 83.3 Å². The molecule has 0 aliphatic heterocycles. The summed E-state index contributed by atoms with van der Waals surface area (Å²) in [6, 6.07) is 3.82. The first-order valence-electron chi connectivity index (χ1n) is 14.3. The largest absolute Gasteiger partial charge is 0.355 e. The van der Waals surface area contributed by atoms with Gasteiger partial charge < -0.3 is 10.6 Å². The van der Waals surface area contributed by atoms with Gasteiger partial charge in [-0.05, 0) is 56.6 Å². The lowest BCUT2D eigenvalue weighted by atomic mass is 10.2. The first-order chi connectivity index (χ1) is 19.7. The number of nitrogens with zero attached hydrogens (tertiary/aromatic N) is 1. The molecule has 0 aliphatic rings. The summed E-state index contributed by atoms with van der Waals surface area (Å²) < 4.78 is 0. The van der Waals surface area contributed by atoms with Gasteiger partial charge in [0.25, 0.3) is 0 Å². The van der Waals surface area contributed by atoms with Crippen LogP contribution in [0.3, 0.4) is 0 Å². The Kier molecular flexibility index (Phi) is 24.5. The molecule has 1 aromatic heterocycles. The zero-order chi connectivity index (χ0) is 28.8. The molecule has 7 heteroatoms. The predicted octanol–water partition coefficient (Wildman–Crippen LogP) is 8.02. The molecule has 0 saturated heterocycles. The number of unbranched alkanes of at least 4 members (excludes halogenated alkanes) is 1. The number of aromatic nitrogens is 1. The molecule has 0 bridgehead atoms. The lowest BCUT2D eigenvalue weighted by molar-refractivity contribution is -0.121. The molecule has 0 aliphatic carbocycles. The Hall–Kier alpha value is -2.77. The molecule has 1 aromatic rings. The Bertz CT molecular complexity index is 954. The van der Waals surface area contributed by atoms with Crippen molar-refractivity contribution in [2.24, 2.45) is 0 Å². The van der Waals surface area contributed by atoms with Gasteiger partial charge in [0, 0.05) is 49.8 Å². The third kappa shape index (κ3) is 24.3. The summed E-state index contributed by atoms with van der Waals surface area (Å²) in [7, 11) is 3.43. The molecular formula is C33H47N3O2S2. The van der Waals surface area contributed by atoms with Crippen molar-refractivity contribution in [3.63, 3.8) is 0 Å². The quantitative estimate of drug-likeness (QED) is 0.0778. The van der Waals surface area contributed by atoms with E-state index in [1.165, 1.54) is 0 Å². The van der Waals surface area contributed by atoms with E-state index in [4.69, 9.17) is 0 Å². The molecule has 0 spiro atoms. The molecule has 0 unspecified atom stereocenters. The van der Waals surface area contributed by atoms with Crippen LogP contribution in [0.1, 0.15) is 70.3 Å². The first-order valence-corrected chi connectivity index (χ1v) is 16.8. The Morgan fingerprint density at radius 1 is 0.775 bits per heavy atom. The number of carbonyl (C=O) groups is 2. The molecule has 0 fully saturated rings. The van der Waals surface area contributed by atoms with Crippen molar-refractivity contribution in [2.45, 2.75) is 64.7 Å². The van der Waals surface area contributed by atoms with Crippen LogP contribution in [-0.2, 0) is 9.59 Å². The first kappa shape index (κ1) is 35.3. The third-order valence-electron chi connectivity index (χ3n) is 5.33. The Labute approximate surface area is 250 Å². The van der Waals surface area contributed by atoms with E-state index in [9.17, 15) is 9.59 Å². The maximum atomic E-state index is 12.0. The zero-order valence-electron chi connectivity index (χ0n) is 24.0. The van der Waals surface area contributed by atoms with Gasteiger partial charge >= 0.3 is 0 Å². The predicted molar refractivity (Wildman–Crippen MR) is 177 cm³/mol. The van der Waals surface area contributed by atoms with Gasteiger partial charge in [0.05, 0.1) is 0 Å². The van der Waals surface area contributed by atoms with Crippen LogP contribution in [0.2, 0.25) is 0 Å². The fourth-order valence-electron chi connectivity index (χ4n) is 3.27. The summed E-state index contributed by atoms with van der Waals surface area (Å²) in [5.74, 6) is 1.82. The SMILES string of the molecule is CC/C=C\C/C=C\C/C=C\C/C=C\C/C=C\CCCC(=O)NCCSSCCNC(=O)C/C=C/c1cccnc1.